The molecule has 2 N–H and O–H groups in total. The smallest absolute Gasteiger partial charge is 0.286 e. The third-order valence-electron chi connectivity index (χ3n) is 5.87. The number of nitrogens with one attached hydrogen (secondary N) is 2. The number of carbonyl (C=O) groups is 2. The van der Waals surface area contributed by atoms with Crippen molar-refractivity contribution in [2.75, 3.05) is 56.6 Å². The van der Waals surface area contributed by atoms with E-state index in [1.54, 1.807) is 7.11 Å². The Hall–Kier alpha value is -3.50. The molecule has 184 valence electrons. The summed E-state index contributed by atoms with van der Waals surface area (Å²) in [6, 6.07) is 15.6. The minimum atomic E-state index is -0.376. The van der Waals surface area contributed by atoms with Crippen molar-refractivity contribution in [1.82, 2.24) is 20.4 Å². The maximum atomic E-state index is 12.4. The van der Waals surface area contributed by atoms with Crippen molar-refractivity contribution in [3.63, 3.8) is 0 Å². The molecular weight excluding hydrogens is 464 g/mol. The molecule has 35 heavy (non-hydrogen) atoms. The van der Waals surface area contributed by atoms with Crippen molar-refractivity contribution in [3.05, 3.63) is 64.1 Å². The lowest BCUT2D eigenvalue weighted by atomic mass is 10.2. The second-order valence-corrected chi connectivity index (χ2v) is 9.35. The van der Waals surface area contributed by atoms with Crippen molar-refractivity contribution in [2.45, 2.75) is 13.3 Å². The molecule has 0 aliphatic carbocycles. The number of anilines is 2. The number of methoxy groups -OCH3 is 1. The molecule has 1 aliphatic rings. The van der Waals surface area contributed by atoms with Crippen LogP contribution in [0.4, 0.5) is 11.4 Å². The minimum Gasteiger partial charge on any atom is -0.497 e. The largest absolute Gasteiger partial charge is 0.497 e. The monoisotopic (exact) mass is 494 g/mol. The van der Waals surface area contributed by atoms with E-state index in [4.69, 9.17) is 4.74 Å². The predicted molar refractivity (Wildman–Crippen MR) is 138 cm³/mol. The quantitative estimate of drug-likeness (QED) is 0.441. The van der Waals surface area contributed by atoms with Crippen molar-refractivity contribution in [2.24, 2.45) is 0 Å². The normalized spacial score (nSPS) is 13.9. The molecule has 10 heteroatoms. The van der Waals surface area contributed by atoms with Crippen LogP contribution in [0, 0.1) is 6.92 Å². The maximum Gasteiger partial charge on any atom is 0.286 e. The zero-order valence-corrected chi connectivity index (χ0v) is 20.8. The van der Waals surface area contributed by atoms with Crippen LogP contribution in [-0.2, 0) is 0 Å². The number of benzene rings is 2. The van der Waals surface area contributed by atoms with Crippen molar-refractivity contribution in [3.8, 4) is 5.75 Å². The van der Waals surface area contributed by atoms with Gasteiger partial charge in [0.15, 0.2) is 0 Å². The van der Waals surface area contributed by atoms with Gasteiger partial charge in [0.2, 0.25) is 10.0 Å². The summed E-state index contributed by atoms with van der Waals surface area (Å²) < 4.78 is 5.23. The number of hydrogen-bond donors (Lipinski definition) is 2. The molecule has 0 saturated carbocycles. The van der Waals surface area contributed by atoms with Crippen LogP contribution in [0.15, 0.2) is 48.5 Å². The number of aromatic nitrogens is 2. The van der Waals surface area contributed by atoms with Gasteiger partial charge in [-0.1, -0.05) is 29.0 Å². The molecule has 0 bridgehead atoms. The zero-order valence-electron chi connectivity index (χ0n) is 20.0. The van der Waals surface area contributed by atoms with Crippen molar-refractivity contribution in [1.29, 1.82) is 0 Å². The van der Waals surface area contributed by atoms with Gasteiger partial charge < -0.3 is 20.3 Å². The molecule has 1 aromatic heterocycles. The standard InChI is InChI=1S/C25H30N6O3S/c1-18-4-6-19(7-5-18)27-23(33)25-29-28-24(35-25)22(32)26-12-3-13-30-14-16-31(17-15-30)20-8-10-21(34-2)11-9-20/h4-11H,3,12-17H2,1-2H3,(H,26,32)(H,27,33). The third-order valence-corrected chi connectivity index (χ3v) is 6.79. The van der Waals surface area contributed by atoms with Crippen LogP contribution in [0.25, 0.3) is 0 Å². The molecule has 4 rings (SSSR count). The fourth-order valence-corrected chi connectivity index (χ4v) is 4.49. The molecule has 3 aromatic rings. The summed E-state index contributed by atoms with van der Waals surface area (Å²) in [4.78, 5) is 29.6. The lowest BCUT2D eigenvalue weighted by Gasteiger charge is -2.36. The Bertz CT molecular complexity index is 1120. The van der Waals surface area contributed by atoms with Gasteiger partial charge in [0.1, 0.15) is 5.75 Å². The Morgan fingerprint density at radius 2 is 1.60 bits per heavy atom. The Morgan fingerprint density at radius 1 is 0.943 bits per heavy atom. The fraction of sp³-hybridized carbons (Fsp3) is 0.360. The molecule has 1 aliphatic heterocycles. The Kier molecular flexibility index (Phi) is 8.27. The van der Waals surface area contributed by atoms with Crippen LogP contribution in [0.1, 0.15) is 31.6 Å². The molecular formula is C25H30N6O3S. The first-order chi connectivity index (χ1) is 17.0. The van der Waals surface area contributed by atoms with Crippen LogP contribution >= 0.6 is 11.3 Å². The molecule has 0 radical (unpaired) electrons. The number of carbonyl (C=O) groups excluding carboxylic acids is 2. The van der Waals surface area contributed by atoms with Gasteiger partial charge in [-0.05, 0) is 56.3 Å². The highest BCUT2D eigenvalue weighted by Crippen LogP contribution is 2.20. The number of nitrogens with zero attached hydrogens (tertiary/aromatic N) is 4. The van der Waals surface area contributed by atoms with Gasteiger partial charge in [-0.15, -0.1) is 10.2 Å². The molecule has 2 aromatic carbocycles. The Morgan fingerprint density at radius 3 is 2.26 bits per heavy atom. The average Bonchev–Trinajstić information content (AvgIpc) is 3.39. The SMILES string of the molecule is COc1ccc(N2CCN(CCCNC(=O)c3nnc(C(=O)Nc4ccc(C)cc4)s3)CC2)cc1. The van der Waals surface area contributed by atoms with Crippen LogP contribution in [0.2, 0.25) is 0 Å². The summed E-state index contributed by atoms with van der Waals surface area (Å²) in [5.41, 5.74) is 2.99. The molecule has 0 spiro atoms. The fourth-order valence-electron chi connectivity index (χ4n) is 3.83. The van der Waals surface area contributed by atoms with E-state index in [9.17, 15) is 9.59 Å². The van der Waals surface area contributed by atoms with Gasteiger partial charge in [0.25, 0.3) is 11.8 Å². The molecule has 0 unspecified atom stereocenters. The molecule has 1 saturated heterocycles. The Labute approximate surface area is 209 Å². The number of hydrogen-bond acceptors (Lipinski definition) is 8. The molecule has 2 amide bonds. The predicted octanol–water partition coefficient (Wildman–Crippen LogP) is 3.05. The van der Waals surface area contributed by atoms with Gasteiger partial charge in [-0.2, -0.15) is 0 Å². The molecule has 9 nitrogen and oxygen atoms in total. The first kappa shape index (κ1) is 24.6. The first-order valence-electron chi connectivity index (χ1n) is 11.6. The second kappa shape index (κ2) is 11.8. The van der Waals surface area contributed by atoms with Crippen LogP contribution in [0.3, 0.4) is 0 Å². The van der Waals surface area contributed by atoms with Gasteiger partial charge in [-0.25, -0.2) is 0 Å². The van der Waals surface area contributed by atoms with E-state index in [2.05, 4.69) is 42.8 Å². The number of piperazine rings is 1. The van der Waals surface area contributed by atoms with Gasteiger partial charge in [-0.3, -0.25) is 14.5 Å². The molecule has 1 fully saturated rings. The minimum absolute atomic E-state index is 0.158. The highest BCUT2D eigenvalue weighted by atomic mass is 32.1. The summed E-state index contributed by atoms with van der Waals surface area (Å²) in [6.07, 6.45) is 0.841. The van der Waals surface area contributed by atoms with Crippen molar-refractivity contribution < 1.29 is 14.3 Å². The van der Waals surface area contributed by atoms with E-state index >= 15 is 0 Å². The summed E-state index contributed by atoms with van der Waals surface area (Å²) >= 11 is 0.988. The number of ether oxygens (including phenoxy) is 1. The number of aryl methyl sites for hydroxylation is 1. The lowest BCUT2D eigenvalue weighted by molar-refractivity contribution is 0.0949. The summed E-state index contributed by atoms with van der Waals surface area (Å²) in [5, 5.41) is 13.7. The van der Waals surface area contributed by atoms with E-state index in [0.29, 0.717) is 12.2 Å². The van der Waals surface area contributed by atoms with E-state index in [-0.39, 0.29) is 21.8 Å². The molecule has 0 atom stereocenters. The van der Waals surface area contributed by atoms with Crippen molar-refractivity contribution >= 4 is 34.5 Å². The van der Waals surface area contributed by atoms with Gasteiger partial charge in [0.05, 0.1) is 7.11 Å². The van der Waals surface area contributed by atoms with E-state index in [1.807, 2.05) is 43.3 Å². The number of amides is 2. The summed E-state index contributed by atoms with van der Waals surface area (Å²) in [6.45, 7) is 7.34. The van der Waals surface area contributed by atoms with Gasteiger partial charge >= 0.3 is 0 Å². The second-order valence-electron chi connectivity index (χ2n) is 8.37. The topological polar surface area (TPSA) is 99.7 Å². The van der Waals surface area contributed by atoms with Crippen LogP contribution < -0.4 is 20.3 Å². The average molecular weight is 495 g/mol. The van der Waals surface area contributed by atoms with E-state index in [0.717, 1.165) is 61.8 Å². The van der Waals surface area contributed by atoms with E-state index < -0.39 is 0 Å². The first-order valence-corrected chi connectivity index (χ1v) is 12.4. The zero-order chi connectivity index (χ0) is 24.6. The highest BCUT2D eigenvalue weighted by Gasteiger charge is 2.19. The maximum absolute atomic E-state index is 12.4. The summed E-state index contributed by atoms with van der Waals surface area (Å²) in [7, 11) is 1.67. The summed E-state index contributed by atoms with van der Waals surface area (Å²) in [5.74, 6) is 0.185. The Balaban J connectivity index is 1.15. The lowest BCUT2D eigenvalue weighted by Crippen LogP contribution is -2.47. The van der Waals surface area contributed by atoms with Gasteiger partial charge in [0, 0.05) is 44.1 Å². The highest BCUT2D eigenvalue weighted by molar-refractivity contribution is 7.15. The third kappa shape index (κ3) is 6.77. The number of rotatable bonds is 9. The van der Waals surface area contributed by atoms with Crippen LogP contribution in [-0.4, -0.2) is 73.3 Å². The van der Waals surface area contributed by atoms with E-state index in [1.165, 1.54) is 5.69 Å². The molecule has 2 heterocycles. The van der Waals surface area contributed by atoms with Crippen LogP contribution in [0.5, 0.6) is 5.75 Å².